The first kappa shape index (κ1) is 13.9. The van der Waals surface area contributed by atoms with E-state index in [1.54, 1.807) is 12.1 Å². The van der Waals surface area contributed by atoms with Crippen LogP contribution in [-0.4, -0.2) is 23.0 Å². The normalized spacial score (nSPS) is 31.2. The summed E-state index contributed by atoms with van der Waals surface area (Å²) in [6.07, 6.45) is 2.96. The lowest BCUT2D eigenvalue weighted by Crippen LogP contribution is -2.46. The summed E-state index contributed by atoms with van der Waals surface area (Å²) < 4.78 is 1.07. The van der Waals surface area contributed by atoms with E-state index in [1.807, 2.05) is 12.1 Å². The van der Waals surface area contributed by atoms with Crippen LogP contribution in [0.1, 0.15) is 29.6 Å². The zero-order valence-electron chi connectivity index (χ0n) is 10.9. The summed E-state index contributed by atoms with van der Waals surface area (Å²) in [4.78, 5) is 23.7. The van der Waals surface area contributed by atoms with Crippen molar-refractivity contribution in [1.29, 1.82) is 0 Å². The minimum absolute atomic E-state index is 0.162. The average Bonchev–Trinajstić information content (AvgIpc) is 3.00. The van der Waals surface area contributed by atoms with Crippen molar-refractivity contribution in [3.05, 3.63) is 33.4 Å². The molecule has 2 fully saturated rings. The third-order valence-electron chi connectivity index (χ3n) is 4.61. The SMILES string of the molecule is O=C(NC1C2CCC(C2)C1C(=O)O)c1ccc(I)cc1. The van der Waals surface area contributed by atoms with Gasteiger partial charge in [-0.25, -0.2) is 0 Å². The van der Waals surface area contributed by atoms with Gasteiger partial charge >= 0.3 is 5.97 Å². The van der Waals surface area contributed by atoms with Gasteiger partial charge in [-0.3, -0.25) is 9.59 Å². The lowest BCUT2D eigenvalue weighted by molar-refractivity contribution is -0.144. The van der Waals surface area contributed by atoms with E-state index in [4.69, 9.17) is 0 Å². The molecule has 4 nitrogen and oxygen atoms in total. The van der Waals surface area contributed by atoms with Crippen LogP contribution in [0.3, 0.4) is 0 Å². The first-order valence-electron chi connectivity index (χ1n) is 6.85. The van der Waals surface area contributed by atoms with Crippen molar-refractivity contribution in [3.63, 3.8) is 0 Å². The average molecular weight is 385 g/mol. The molecule has 4 unspecified atom stereocenters. The Kier molecular flexibility index (Phi) is 3.70. The highest BCUT2D eigenvalue weighted by atomic mass is 127. The highest BCUT2D eigenvalue weighted by Gasteiger charge is 2.51. The Hall–Kier alpha value is -1.11. The monoisotopic (exact) mass is 385 g/mol. The Bertz CT molecular complexity index is 543. The van der Waals surface area contributed by atoms with Gasteiger partial charge in [0.15, 0.2) is 0 Å². The smallest absolute Gasteiger partial charge is 0.308 e. The van der Waals surface area contributed by atoms with Gasteiger partial charge in [-0.2, -0.15) is 0 Å². The molecule has 2 saturated carbocycles. The fourth-order valence-corrected chi connectivity index (χ4v) is 4.05. The van der Waals surface area contributed by atoms with Crippen molar-refractivity contribution in [3.8, 4) is 0 Å². The van der Waals surface area contributed by atoms with Crippen molar-refractivity contribution < 1.29 is 14.7 Å². The van der Waals surface area contributed by atoms with E-state index in [0.29, 0.717) is 11.5 Å². The summed E-state index contributed by atoms with van der Waals surface area (Å²) in [7, 11) is 0. The zero-order chi connectivity index (χ0) is 14.3. The Morgan fingerprint density at radius 1 is 1.15 bits per heavy atom. The number of carboxylic acid groups (broad SMARTS) is 1. The predicted octanol–water partition coefficient (Wildman–Crippen LogP) is 2.52. The second kappa shape index (κ2) is 5.35. The van der Waals surface area contributed by atoms with Crippen LogP contribution in [0.25, 0.3) is 0 Å². The Morgan fingerprint density at radius 3 is 2.45 bits per heavy atom. The summed E-state index contributed by atoms with van der Waals surface area (Å²) >= 11 is 2.19. The van der Waals surface area contributed by atoms with Crippen LogP contribution >= 0.6 is 22.6 Å². The summed E-state index contributed by atoms with van der Waals surface area (Å²) in [6, 6.07) is 7.11. The van der Waals surface area contributed by atoms with Gasteiger partial charge in [0, 0.05) is 15.2 Å². The molecule has 2 aliphatic rings. The predicted molar refractivity (Wildman–Crippen MR) is 82.4 cm³/mol. The molecule has 1 aromatic carbocycles. The number of fused-ring (bicyclic) bond motifs is 2. The van der Waals surface area contributed by atoms with Gasteiger partial charge in [-0.05, 0) is 78.0 Å². The van der Waals surface area contributed by atoms with Crippen LogP contribution in [-0.2, 0) is 4.79 Å². The number of aliphatic carboxylic acids is 1. The first-order valence-corrected chi connectivity index (χ1v) is 7.93. The van der Waals surface area contributed by atoms with E-state index in [9.17, 15) is 14.7 Å². The highest BCUT2D eigenvalue weighted by molar-refractivity contribution is 14.1. The van der Waals surface area contributed by atoms with Crippen molar-refractivity contribution in [1.82, 2.24) is 5.32 Å². The summed E-state index contributed by atoms with van der Waals surface area (Å²) in [5.41, 5.74) is 0.595. The second-order valence-corrected chi connectivity index (χ2v) is 6.95. The molecular weight excluding hydrogens is 369 g/mol. The lowest BCUT2D eigenvalue weighted by atomic mass is 9.84. The molecule has 4 atom stereocenters. The van der Waals surface area contributed by atoms with Gasteiger partial charge in [0.05, 0.1) is 5.92 Å². The minimum Gasteiger partial charge on any atom is -0.481 e. The summed E-state index contributed by atoms with van der Waals surface area (Å²) in [5, 5.41) is 12.3. The fourth-order valence-electron chi connectivity index (χ4n) is 3.69. The molecule has 2 bridgehead atoms. The maximum absolute atomic E-state index is 12.2. The molecule has 2 aliphatic carbocycles. The molecule has 0 aromatic heterocycles. The fraction of sp³-hybridized carbons (Fsp3) is 0.467. The Labute approximate surface area is 131 Å². The number of rotatable bonds is 3. The van der Waals surface area contributed by atoms with Gasteiger partial charge in [-0.15, -0.1) is 0 Å². The minimum atomic E-state index is -0.773. The second-order valence-electron chi connectivity index (χ2n) is 5.70. The number of carbonyl (C=O) groups is 2. The lowest BCUT2D eigenvalue weighted by Gasteiger charge is -2.28. The molecule has 1 amide bonds. The summed E-state index contributed by atoms with van der Waals surface area (Å²) in [5.74, 6) is -0.787. The Balaban J connectivity index is 1.75. The number of carbonyl (C=O) groups excluding carboxylic acids is 1. The quantitative estimate of drug-likeness (QED) is 0.786. The molecule has 0 saturated heterocycles. The van der Waals surface area contributed by atoms with E-state index < -0.39 is 11.9 Å². The molecule has 20 heavy (non-hydrogen) atoms. The third-order valence-corrected chi connectivity index (χ3v) is 5.32. The number of halogens is 1. The van der Waals surface area contributed by atoms with E-state index in [2.05, 4.69) is 27.9 Å². The number of hydrogen-bond acceptors (Lipinski definition) is 2. The molecule has 5 heteroatoms. The molecular formula is C15H16INO3. The number of carboxylic acids is 1. The topological polar surface area (TPSA) is 66.4 Å². The first-order chi connectivity index (χ1) is 9.56. The van der Waals surface area contributed by atoms with Gasteiger partial charge < -0.3 is 10.4 Å². The van der Waals surface area contributed by atoms with Crippen LogP contribution in [0.5, 0.6) is 0 Å². The molecule has 0 aliphatic heterocycles. The van der Waals surface area contributed by atoms with Gasteiger partial charge in [0.25, 0.3) is 5.91 Å². The largest absolute Gasteiger partial charge is 0.481 e. The van der Waals surface area contributed by atoms with Crippen molar-refractivity contribution in [2.45, 2.75) is 25.3 Å². The number of benzene rings is 1. The van der Waals surface area contributed by atoms with Crippen molar-refractivity contribution in [2.24, 2.45) is 17.8 Å². The summed E-state index contributed by atoms with van der Waals surface area (Å²) in [6.45, 7) is 0. The van der Waals surface area contributed by atoms with Crippen LogP contribution in [0, 0.1) is 21.3 Å². The molecule has 0 heterocycles. The number of nitrogens with one attached hydrogen (secondary N) is 1. The zero-order valence-corrected chi connectivity index (χ0v) is 13.0. The van der Waals surface area contributed by atoms with E-state index in [-0.39, 0.29) is 17.9 Å². The van der Waals surface area contributed by atoms with Crippen molar-refractivity contribution >= 4 is 34.5 Å². The molecule has 106 valence electrons. The van der Waals surface area contributed by atoms with E-state index >= 15 is 0 Å². The molecule has 3 rings (SSSR count). The molecule has 1 aromatic rings. The standard InChI is InChI=1S/C15H16INO3/c16-11-5-3-8(4-6-11)14(18)17-13-10-2-1-9(7-10)12(13)15(19)20/h3-6,9-10,12-13H,1-2,7H2,(H,17,18)(H,19,20). The molecule has 0 spiro atoms. The van der Waals surface area contributed by atoms with E-state index in [0.717, 1.165) is 22.8 Å². The highest BCUT2D eigenvalue weighted by Crippen LogP contribution is 2.48. The van der Waals surface area contributed by atoms with Crippen molar-refractivity contribution in [2.75, 3.05) is 0 Å². The number of hydrogen-bond donors (Lipinski definition) is 2. The van der Waals surface area contributed by atoms with Gasteiger partial charge in [0.2, 0.25) is 0 Å². The molecule has 0 radical (unpaired) electrons. The Morgan fingerprint density at radius 2 is 1.80 bits per heavy atom. The third kappa shape index (κ3) is 2.43. The maximum atomic E-state index is 12.2. The van der Waals surface area contributed by atoms with Crippen LogP contribution < -0.4 is 5.32 Å². The van der Waals surface area contributed by atoms with Gasteiger partial charge in [0.1, 0.15) is 0 Å². The van der Waals surface area contributed by atoms with Crippen LogP contribution in [0.4, 0.5) is 0 Å². The van der Waals surface area contributed by atoms with Crippen LogP contribution in [0.15, 0.2) is 24.3 Å². The maximum Gasteiger partial charge on any atom is 0.308 e. The molecule has 2 N–H and O–H groups in total. The number of amides is 1. The van der Waals surface area contributed by atoms with E-state index in [1.165, 1.54) is 0 Å². The van der Waals surface area contributed by atoms with Gasteiger partial charge in [-0.1, -0.05) is 0 Å². The van der Waals surface area contributed by atoms with Crippen LogP contribution in [0.2, 0.25) is 0 Å².